The van der Waals surface area contributed by atoms with Gasteiger partial charge in [0.1, 0.15) is 17.5 Å². The first-order chi connectivity index (χ1) is 12.6. The topological polar surface area (TPSA) is 87.6 Å². The van der Waals surface area contributed by atoms with Crippen molar-refractivity contribution >= 4 is 17.6 Å². The number of aryl methyl sites for hydroxylation is 1. The maximum atomic E-state index is 11.7. The van der Waals surface area contributed by atoms with Crippen LogP contribution in [0.1, 0.15) is 33.7 Å². The molecule has 0 bridgehead atoms. The monoisotopic (exact) mass is 356 g/mol. The van der Waals surface area contributed by atoms with Gasteiger partial charge in [0.2, 0.25) is 0 Å². The molecule has 2 aromatic rings. The summed E-state index contributed by atoms with van der Waals surface area (Å²) in [5.74, 6) is 2.06. The number of fused-ring (bicyclic) bond motifs is 1. The second-order valence-corrected chi connectivity index (χ2v) is 6.31. The normalized spacial score (nSPS) is 13.3. The molecule has 1 aliphatic heterocycles. The molecule has 0 atom stereocenters. The van der Waals surface area contributed by atoms with E-state index in [1.165, 1.54) is 18.2 Å². The molecule has 138 valence electrons. The van der Waals surface area contributed by atoms with Gasteiger partial charge in [-0.25, -0.2) is 14.8 Å². The van der Waals surface area contributed by atoms with E-state index < -0.39 is 0 Å². The van der Waals surface area contributed by atoms with Gasteiger partial charge in [0.05, 0.1) is 12.7 Å². The Morgan fingerprint density at radius 2 is 2.15 bits per heavy atom. The van der Waals surface area contributed by atoms with Gasteiger partial charge in [-0.15, -0.1) is 0 Å². The summed E-state index contributed by atoms with van der Waals surface area (Å²) < 4.78 is 4.80. The summed E-state index contributed by atoms with van der Waals surface area (Å²) >= 11 is 0. The van der Waals surface area contributed by atoms with E-state index in [1.54, 1.807) is 6.07 Å². The molecule has 0 saturated carbocycles. The summed E-state index contributed by atoms with van der Waals surface area (Å²) in [5.41, 5.74) is 2.96. The Labute approximate surface area is 153 Å². The van der Waals surface area contributed by atoms with Crippen molar-refractivity contribution in [3.8, 4) is 0 Å². The lowest BCUT2D eigenvalue weighted by Crippen LogP contribution is -2.31. The molecule has 1 aromatic heterocycles. The summed E-state index contributed by atoms with van der Waals surface area (Å²) in [7, 11) is 1.40. The van der Waals surface area contributed by atoms with E-state index in [1.807, 2.05) is 25.1 Å². The van der Waals surface area contributed by atoms with Crippen LogP contribution in [0.2, 0.25) is 0 Å². The molecule has 26 heavy (non-hydrogen) atoms. The standard InChI is InChI=1S/C19H24N4O3/c1-13-21-17(20-7-3-9-24)11-18(22-13)23-8-6-14-10-15(19(25)26-2)4-5-16(14)12-23/h4-5,10-11,24H,3,6-9,12H2,1-2H3,(H,20,21,22). The Morgan fingerprint density at radius 3 is 2.92 bits per heavy atom. The van der Waals surface area contributed by atoms with Crippen molar-refractivity contribution in [3.05, 3.63) is 46.8 Å². The average molecular weight is 356 g/mol. The number of hydrogen-bond acceptors (Lipinski definition) is 7. The number of ether oxygens (including phenoxy) is 1. The zero-order chi connectivity index (χ0) is 18.5. The van der Waals surface area contributed by atoms with E-state index in [9.17, 15) is 4.79 Å². The minimum atomic E-state index is -0.305. The molecule has 0 saturated heterocycles. The maximum absolute atomic E-state index is 11.7. The van der Waals surface area contributed by atoms with Crippen molar-refractivity contribution in [1.82, 2.24) is 9.97 Å². The number of esters is 1. The van der Waals surface area contributed by atoms with Crippen molar-refractivity contribution in [2.45, 2.75) is 26.3 Å². The molecule has 7 heteroatoms. The molecule has 3 rings (SSSR count). The molecule has 0 unspecified atom stereocenters. The minimum Gasteiger partial charge on any atom is -0.465 e. The lowest BCUT2D eigenvalue weighted by Gasteiger charge is -2.30. The summed E-state index contributed by atoms with van der Waals surface area (Å²) in [6, 6.07) is 7.66. The first-order valence-electron chi connectivity index (χ1n) is 8.76. The number of aliphatic hydroxyl groups excluding tert-OH is 1. The number of nitrogens with zero attached hydrogens (tertiary/aromatic N) is 3. The molecule has 2 N–H and O–H groups in total. The van der Waals surface area contributed by atoms with Gasteiger partial charge in [0, 0.05) is 32.3 Å². The quantitative estimate of drug-likeness (QED) is 0.604. The maximum Gasteiger partial charge on any atom is 0.337 e. The molecular formula is C19H24N4O3. The molecule has 1 aromatic carbocycles. The van der Waals surface area contributed by atoms with Crippen LogP contribution in [-0.2, 0) is 17.7 Å². The van der Waals surface area contributed by atoms with E-state index >= 15 is 0 Å². The highest BCUT2D eigenvalue weighted by atomic mass is 16.5. The van der Waals surface area contributed by atoms with E-state index in [2.05, 4.69) is 20.2 Å². The molecule has 0 aliphatic carbocycles. The minimum absolute atomic E-state index is 0.153. The lowest BCUT2D eigenvalue weighted by molar-refractivity contribution is 0.0600. The predicted octanol–water partition coefficient (Wildman–Crippen LogP) is 1.93. The van der Waals surface area contributed by atoms with Crippen molar-refractivity contribution < 1.29 is 14.6 Å². The van der Waals surface area contributed by atoms with Gasteiger partial charge in [-0.2, -0.15) is 0 Å². The van der Waals surface area contributed by atoms with Crippen molar-refractivity contribution in [2.24, 2.45) is 0 Å². The summed E-state index contributed by atoms with van der Waals surface area (Å²) in [6.45, 7) is 4.26. The molecule has 2 heterocycles. The van der Waals surface area contributed by atoms with Crippen LogP contribution in [0.4, 0.5) is 11.6 Å². The Morgan fingerprint density at radius 1 is 1.31 bits per heavy atom. The summed E-state index contributed by atoms with van der Waals surface area (Å²) in [4.78, 5) is 22.9. The molecule has 1 aliphatic rings. The highest BCUT2D eigenvalue weighted by Gasteiger charge is 2.20. The van der Waals surface area contributed by atoms with Crippen molar-refractivity contribution in [3.63, 3.8) is 0 Å². The van der Waals surface area contributed by atoms with Gasteiger partial charge >= 0.3 is 5.97 Å². The van der Waals surface area contributed by atoms with E-state index in [4.69, 9.17) is 9.84 Å². The zero-order valence-corrected chi connectivity index (χ0v) is 15.2. The van der Waals surface area contributed by atoms with Gasteiger partial charge in [0.25, 0.3) is 0 Å². The Kier molecular flexibility index (Phi) is 5.68. The molecule has 0 fully saturated rings. The number of methoxy groups -OCH3 is 1. The molecule has 7 nitrogen and oxygen atoms in total. The number of aromatic nitrogens is 2. The summed E-state index contributed by atoms with van der Waals surface area (Å²) in [5, 5.41) is 12.1. The number of benzene rings is 1. The highest BCUT2D eigenvalue weighted by molar-refractivity contribution is 5.89. The first-order valence-corrected chi connectivity index (χ1v) is 8.76. The fourth-order valence-corrected chi connectivity index (χ4v) is 3.09. The Balaban J connectivity index is 1.77. The number of aliphatic hydroxyl groups is 1. The number of carbonyl (C=O) groups excluding carboxylic acids is 1. The predicted molar refractivity (Wildman–Crippen MR) is 99.5 cm³/mol. The van der Waals surface area contributed by atoms with Gasteiger partial charge in [-0.3, -0.25) is 0 Å². The zero-order valence-electron chi connectivity index (χ0n) is 15.2. The Bertz CT molecular complexity index is 794. The van der Waals surface area contributed by atoms with Crippen molar-refractivity contribution in [2.75, 3.05) is 37.0 Å². The smallest absolute Gasteiger partial charge is 0.337 e. The van der Waals surface area contributed by atoms with Crippen LogP contribution in [0.25, 0.3) is 0 Å². The molecular weight excluding hydrogens is 332 g/mol. The van der Waals surface area contributed by atoms with E-state index in [-0.39, 0.29) is 12.6 Å². The fourth-order valence-electron chi connectivity index (χ4n) is 3.09. The molecule has 0 radical (unpaired) electrons. The van der Waals surface area contributed by atoms with Crippen molar-refractivity contribution in [1.29, 1.82) is 0 Å². The lowest BCUT2D eigenvalue weighted by atomic mass is 9.97. The summed E-state index contributed by atoms with van der Waals surface area (Å²) in [6.07, 6.45) is 1.52. The van der Waals surface area contributed by atoms with Crippen LogP contribution < -0.4 is 10.2 Å². The van der Waals surface area contributed by atoms with E-state index in [0.717, 1.165) is 31.1 Å². The van der Waals surface area contributed by atoms with Crippen LogP contribution >= 0.6 is 0 Å². The second kappa shape index (κ2) is 8.14. The number of hydrogen-bond donors (Lipinski definition) is 2. The second-order valence-electron chi connectivity index (χ2n) is 6.31. The number of nitrogens with one attached hydrogen (secondary N) is 1. The SMILES string of the molecule is COC(=O)c1ccc2c(c1)CCN(c1cc(NCCCO)nc(C)n1)C2. The molecule has 0 spiro atoms. The van der Waals surface area contributed by atoms with Gasteiger partial charge in [-0.05, 0) is 43.0 Å². The van der Waals surface area contributed by atoms with E-state index in [0.29, 0.717) is 24.4 Å². The average Bonchev–Trinajstić information content (AvgIpc) is 2.66. The van der Waals surface area contributed by atoms with Crippen LogP contribution in [-0.4, -0.2) is 47.8 Å². The van der Waals surface area contributed by atoms with Crippen LogP contribution in [0.3, 0.4) is 0 Å². The Hall–Kier alpha value is -2.67. The number of carbonyl (C=O) groups is 1. The van der Waals surface area contributed by atoms with Crippen LogP contribution in [0.15, 0.2) is 24.3 Å². The number of anilines is 2. The highest BCUT2D eigenvalue weighted by Crippen LogP contribution is 2.25. The van der Waals surface area contributed by atoms with Gasteiger partial charge < -0.3 is 20.1 Å². The van der Waals surface area contributed by atoms with Gasteiger partial charge in [-0.1, -0.05) is 6.07 Å². The first kappa shape index (κ1) is 18.1. The molecule has 0 amide bonds. The fraction of sp³-hybridized carbons (Fsp3) is 0.421. The van der Waals surface area contributed by atoms with Gasteiger partial charge in [0.15, 0.2) is 0 Å². The number of rotatable bonds is 6. The van der Waals surface area contributed by atoms with Crippen LogP contribution in [0, 0.1) is 6.92 Å². The third-order valence-electron chi connectivity index (χ3n) is 4.43. The third-order valence-corrected chi connectivity index (χ3v) is 4.43. The largest absolute Gasteiger partial charge is 0.465 e. The third kappa shape index (κ3) is 4.11. The van der Waals surface area contributed by atoms with Crippen LogP contribution in [0.5, 0.6) is 0 Å².